The molecule has 0 radical (unpaired) electrons. The van der Waals surface area contributed by atoms with Crippen LogP contribution < -0.4 is 5.32 Å². The van der Waals surface area contributed by atoms with Crippen LogP contribution in [0.5, 0.6) is 0 Å². The number of nitriles is 1. The monoisotopic (exact) mass is 181 g/mol. The quantitative estimate of drug-likeness (QED) is 0.294. The molecule has 72 valence electrons. The molecule has 0 saturated heterocycles. The van der Waals surface area contributed by atoms with Crippen LogP contribution in [0, 0.1) is 11.3 Å². The Kier molecular flexibility index (Phi) is 5.69. The molecule has 0 aliphatic rings. The highest BCUT2D eigenvalue weighted by molar-refractivity contribution is 4.99. The van der Waals surface area contributed by atoms with Crippen molar-refractivity contribution in [2.75, 3.05) is 13.1 Å². The Bertz CT molecular complexity index is 221. The lowest BCUT2D eigenvalue weighted by atomic mass is 10.1. The zero-order valence-electron chi connectivity index (χ0n) is 8.12. The first kappa shape index (κ1) is 11.8. The smallest absolute Gasteiger partial charge is 0.101 e. The summed E-state index contributed by atoms with van der Waals surface area (Å²) in [6.45, 7) is 4.98. The summed E-state index contributed by atoms with van der Waals surface area (Å²) < 4.78 is 0. The summed E-state index contributed by atoms with van der Waals surface area (Å²) in [5.41, 5.74) is 7.53. The van der Waals surface area contributed by atoms with E-state index in [1.54, 1.807) is 0 Å². The highest BCUT2D eigenvalue weighted by Crippen LogP contribution is 1.99. The fourth-order valence-electron chi connectivity index (χ4n) is 0.793. The minimum atomic E-state index is -0.460. The average molecular weight is 181 g/mol. The van der Waals surface area contributed by atoms with Gasteiger partial charge in [0.1, 0.15) is 5.54 Å². The van der Waals surface area contributed by atoms with Gasteiger partial charge in [-0.1, -0.05) is 5.11 Å². The molecule has 1 N–H and O–H groups in total. The van der Waals surface area contributed by atoms with Crippen LogP contribution in [0.1, 0.15) is 26.7 Å². The molecule has 0 unspecified atom stereocenters. The molecule has 0 fully saturated rings. The summed E-state index contributed by atoms with van der Waals surface area (Å²) in [6, 6.07) is 2.15. The Balaban J connectivity index is 3.37. The number of rotatable bonds is 6. The summed E-state index contributed by atoms with van der Waals surface area (Å²) in [6.07, 6.45) is 1.78. The SMILES string of the molecule is CC(C)(C#N)NCCCCN=[N+]=[N-]. The van der Waals surface area contributed by atoms with Crippen LogP contribution in [-0.2, 0) is 0 Å². The number of nitrogens with one attached hydrogen (secondary N) is 1. The predicted molar refractivity (Wildman–Crippen MR) is 50.9 cm³/mol. The van der Waals surface area contributed by atoms with Crippen molar-refractivity contribution in [3.05, 3.63) is 10.4 Å². The first-order chi connectivity index (χ1) is 6.12. The minimum absolute atomic E-state index is 0.460. The fourth-order valence-corrected chi connectivity index (χ4v) is 0.793. The number of azide groups is 1. The van der Waals surface area contributed by atoms with Crippen molar-refractivity contribution in [1.82, 2.24) is 5.32 Å². The van der Waals surface area contributed by atoms with E-state index in [0.29, 0.717) is 6.54 Å². The van der Waals surface area contributed by atoms with E-state index in [9.17, 15) is 0 Å². The van der Waals surface area contributed by atoms with Gasteiger partial charge in [0.25, 0.3) is 0 Å². The van der Waals surface area contributed by atoms with Crippen molar-refractivity contribution in [2.24, 2.45) is 5.11 Å². The lowest BCUT2D eigenvalue weighted by molar-refractivity contribution is 0.474. The Morgan fingerprint density at radius 2 is 2.23 bits per heavy atom. The van der Waals surface area contributed by atoms with E-state index in [1.165, 1.54) is 0 Å². The van der Waals surface area contributed by atoms with Gasteiger partial charge in [0.05, 0.1) is 6.07 Å². The van der Waals surface area contributed by atoms with Crippen LogP contribution in [0.25, 0.3) is 10.4 Å². The van der Waals surface area contributed by atoms with Crippen LogP contribution in [0.2, 0.25) is 0 Å². The second kappa shape index (κ2) is 6.30. The molecule has 0 amide bonds. The molecule has 5 heteroatoms. The molecule has 5 nitrogen and oxygen atoms in total. The lowest BCUT2D eigenvalue weighted by Gasteiger charge is -2.16. The maximum absolute atomic E-state index is 8.66. The fraction of sp³-hybridized carbons (Fsp3) is 0.875. The van der Waals surface area contributed by atoms with Crippen LogP contribution >= 0.6 is 0 Å². The summed E-state index contributed by atoms with van der Waals surface area (Å²) in [5.74, 6) is 0. The van der Waals surface area contributed by atoms with E-state index in [2.05, 4.69) is 21.4 Å². The van der Waals surface area contributed by atoms with Gasteiger partial charge >= 0.3 is 0 Å². The van der Waals surface area contributed by atoms with E-state index in [-0.39, 0.29) is 0 Å². The van der Waals surface area contributed by atoms with Gasteiger partial charge in [-0.25, -0.2) is 0 Å². The number of hydrogen-bond acceptors (Lipinski definition) is 3. The van der Waals surface area contributed by atoms with Crippen LogP contribution in [0.15, 0.2) is 5.11 Å². The van der Waals surface area contributed by atoms with Crippen molar-refractivity contribution in [3.8, 4) is 6.07 Å². The zero-order valence-corrected chi connectivity index (χ0v) is 8.12. The third kappa shape index (κ3) is 7.13. The van der Waals surface area contributed by atoms with Gasteiger partial charge in [-0.05, 0) is 38.8 Å². The topological polar surface area (TPSA) is 84.6 Å². The summed E-state index contributed by atoms with van der Waals surface area (Å²) in [4.78, 5) is 2.65. The van der Waals surface area contributed by atoms with Crippen molar-refractivity contribution in [2.45, 2.75) is 32.2 Å². The van der Waals surface area contributed by atoms with Crippen molar-refractivity contribution >= 4 is 0 Å². The van der Waals surface area contributed by atoms with Gasteiger partial charge in [-0.3, -0.25) is 5.32 Å². The third-order valence-electron chi connectivity index (χ3n) is 1.59. The first-order valence-corrected chi connectivity index (χ1v) is 4.29. The second-order valence-corrected chi connectivity index (χ2v) is 3.33. The molecule has 13 heavy (non-hydrogen) atoms. The molecule has 0 atom stereocenters. The van der Waals surface area contributed by atoms with E-state index < -0.39 is 5.54 Å². The van der Waals surface area contributed by atoms with E-state index in [4.69, 9.17) is 10.8 Å². The van der Waals surface area contributed by atoms with Gasteiger partial charge in [-0.15, -0.1) is 0 Å². The van der Waals surface area contributed by atoms with Crippen molar-refractivity contribution < 1.29 is 0 Å². The Morgan fingerprint density at radius 1 is 1.54 bits per heavy atom. The number of nitrogens with zero attached hydrogens (tertiary/aromatic N) is 4. The number of hydrogen-bond donors (Lipinski definition) is 1. The third-order valence-corrected chi connectivity index (χ3v) is 1.59. The molecular weight excluding hydrogens is 166 g/mol. The van der Waals surface area contributed by atoms with Crippen LogP contribution in [-0.4, -0.2) is 18.6 Å². The summed E-state index contributed by atoms with van der Waals surface area (Å²) in [7, 11) is 0. The van der Waals surface area contributed by atoms with E-state index >= 15 is 0 Å². The Labute approximate surface area is 78.4 Å². The zero-order chi connectivity index (χ0) is 10.2. The summed E-state index contributed by atoms with van der Waals surface area (Å²) >= 11 is 0. The molecule has 0 aromatic rings. The maximum atomic E-state index is 8.66. The minimum Gasteiger partial charge on any atom is -0.300 e. The van der Waals surface area contributed by atoms with Crippen molar-refractivity contribution in [3.63, 3.8) is 0 Å². The van der Waals surface area contributed by atoms with Gasteiger partial charge in [-0.2, -0.15) is 5.26 Å². The maximum Gasteiger partial charge on any atom is 0.101 e. The average Bonchev–Trinajstić information content (AvgIpc) is 2.11. The predicted octanol–water partition coefficient (Wildman–Crippen LogP) is 1.97. The molecule has 0 heterocycles. The van der Waals surface area contributed by atoms with E-state index in [1.807, 2.05) is 13.8 Å². The first-order valence-electron chi connectivity index (χ1n) is 4.29. The molecule has 0 aliphatic carbocycles. The summed E-state index contributed by atoms with van der Waals surface area (Å²) in [5, 5.41) is 15.2. The second-order valence-electron chi connectivity index (χ2n) is 3.33. The highest BCUT2D eigenvalue weighted by atomic mass is 15.1. The molecular formula is C8H15N5. The largest absolute Gasteiger partial charge is 0.300 e. The van der Waals surface area contributed by atoms with Gasteiger partial charge < -0.3 is 0 Å². The molecule has 0 aliphatic heterocycles. The Morgan fingerprint density at radius 3 is 2.77 bits per heavy atom. The molecule has 0 aromatic carbocycles. The van der Waals surface area contributed by atoms with Gasteiger partial charge in [0.15, 0.2) is 0 Å². The van der Waals surface area contributed by atoms with Crippen LogP contribution in [0.3, 0.4) is 0 Å². The normalized spacial score (nSPS) is 10.2. The molecule has 0 rings (SSSR count). The molecule has 0 saturated carbocycles. The van der Waals surface area contributed by atoms with Crippen LogP contribution in [0.4, 0.5) is 0 Å². The van der Waals surface area contributed by atoms with E-state index in [0.717, 1.165) is 19.4 Å². The van der Waals surface area contributed by atoms with Gasteiger partial charge in [0, 0.05) is 11.5 Å². The highest BCUT2D eigenvalue weighted by Gasteiger charge is 2.13. The number of unbranched alkanes of at least 4 members (excludes halogenated alkanes) is 1. The van der Waals surface area contributed by atoms with Crippen molar-refractivity contribution in [1.29, 1.82) is 5.26 Å². The molecule has 0 aromatic heterocycles. The van der Waals surface area contributed by atoms with Gasteiger partial charge in [0.2, 0.25) is 0 Å². The standard InChI is InChI=1S/C8H15N5/c1-8(2,7-9)11-5-3-4-6-12-13-10/h11H,3-6H2,1-2H3. The molecule has 0 spiro atoms. The lowest BCUT2D eigenvalue weighted by Crippen LogP contribution is -2.38. The molecule has 0 bridgehead atoms. The Hall–Kier alpha value is -1.24.